The summed E-state index contributed by atoms with van der Waals surface area (Å²) in [6.45, 7) is 0.407. The molecule has 0 saturated carbocycles. The van der Waals surface area contributed by atoms with Crippen molar-refractivity contribution in [2.24, 2.45) is 5.73 Å². The van der Waals surface area contributed by atoms with Crippen molar-refractivity contribution in [2.75, 3.05) is 18.9 Å². The minimum atomic E-state index is 0.407. The molecule has 0 aliphatic rings. The average Bonchev–Trinajstić information content (AvgIpc) is 2.15. The molecule has 0 aliphatic carbocycles. The van der Waals surface area contributed by atoms with Crippen molar-refractivity contribution in [1.29, 1.82) is 0 Å². The van der Waals surface area contributed by atoms with Crippen molar-refractivity contribution in [1.82, 2.24) is 0 Å². The number of benzene rings is 1. The second kappa shape index (κ2) is 4.42. The standard InChI is InChI=1S/C10H12N2/c1-12-10-6-2-4-9(8-10)5-3-7-11/h2,4,6,8,12H,7,11H2,1H3. The highest BCUT2D eigenvalue weighted by Crippen LogP contribution is 2.07. The molecule has 0 atom stereocenters. The normalized spacial score (nSPS) is 8.50. The number of rotatable bonds is 1. The predicted molar refractivity (Wildman–Crippen MR) is 51.9 cm³/mol. The second-order valence-electron chi connectivity index (χ2n) is 2.34. The van der Waals surface area contributed by atoms with Crippen LogP contribution in [0.5, 0.6) is 0 Å². The van der Waals surface area contributed by atoms with Gasteiger partial charge in [-0.25, -0.2) is 0 Å². The molecular formula is C10H12N2. The van der Waals surface area contributed by atoms with Gasteiger partial charge in [0.25, 0.3) is 0 Å². The zero-order valence-corrected chi connectivity index (χ0v) is 7.09. The smallest absolute Gasteiger partial charge is 0.0555 e. The lowest BCUT2D eigenvalue weighted by molar-refractivity contribution is 1.30. The lowest BCUT2D eigenvalue weighted by Gasteiger charge is -1.98. The van der Waals surface area contributed by atoms with Gasteiger partial charge in [0.15, 0.2) is 0 Å². The third-order valence-corrected chi connectivity index (χ3v) is 1.49. The summed E-state index contributed by atoms with van der Waals surface area (Å²) in [5.41, 5.74) is 7.32. The van der Waals surface area contributed by atoms with Crippen molar-refractivity contribution in [3.63, 3.8) is 0 Å². The third-order valence-electron chi connectivity index (χ3n) is 1.49. The summed E-state index contributed by atoms with van der Waals surface area (Å²) in [7, 11) is 1.88. The van der Waals surface area contributed by atoms with Crippen LogP contribution in [0.25, 0.3) is 0 Å². The van der Waals surface area contributed by atoms with Crippen LogP contribution in [0.2, 0.25) is 0 Å². The Bertz CT molecular complexity index is 307. The molecule has 0 fully saturated rings. The number of hydrogen-bond donors (Lipinski definition) is 2. The van der Waals surface area contributed by atoms with Gasteiger partial charge in [-0.15, -0.1) is 0 Å². The molecule has 0 bridgehead atoms. The third kappa shape index (κ3) is 2.30. The maximum absolute atomic E-state index is 5.26. The van der Waals surface area contributed by atoms with Crippen LogP contribution >= 0.6 is 0 Å². The number of anilines is 1. The first-order chi connectivity index (χ1) is 5.86. The number of hydrogen-bond acceptors (Lipinski definition) is 2. The van der Waals surface area contributed by atoms with Gasteiger partial charge in [-0.1, -0.05) is 17.9 Å². The van der Waals surface area contributed by atoms with Crippen molar-refractivity contribution in [2.45, 2.75) is 0 Å². The van der Waals surface area contributed by atoms with E-state index in [-0.39, 0.29) is 0 Å². The van der Waals surface area contributed by atoms with Crippen LogP contribution in [0.1, 0.15) is 5.56 Å². The van der Waals surface area contributed by atoms with E-state index in [2.05, 4.69) is 17.2 Å². The highest BCUT2D eigenvalue weighted by atomic mass is 14.8. The summed E-state index contributed by atoms with van der Waals surface area (Å²) in [6, 6.07) is 7.91. The summed E-state index contributed by atoms with van der Waals surface area (Å²) in [6.07, 6.45) is 0. The molecular weight excluding hydrogens is 148 g/mol. The van der Waals surface area contributed by atoms with Gasteiger partial charge in [-0.05, 0) is 18.2 Å². The molecule has 12 heavy (non-hydrogen) atoms. The fourth-order valence-corrected chi connectivity index (χ4v) is 0.906. The second-order valence-corrected chi connectivity index (χ2v) is 2.34. The van der Waals surface area contributed by atoms with Gasteiger partial charge in [0, 0.05) is 18.3 Å². The Morgan fingerprint density at radius 1 is 1.50 bits per heavy atom. The Kier molecular flexibility index (Phi) is 3.18. The Morgan fingerprint density at radius 3 is 3.00 bits per heavy atom. The molecule has 0 saturated heterocycles. The Hall–Kier alpha value is -1.46. The van der Waals surface area contributed by atoms with Gasteiger partial charge in [0.05, 0.1) is 6.54 Å². The monoisotopic (exact) mass is 160 g/mol. The molecule has 2 heteroatoms. The summed E-state index contributed by atoms with van der Waals surface area (Å²) < 4.78 is 0. The van der Waals surface area contributed by atoms with Crippen LogP contribution in [-0.2, 0) is 0 Å². The Balaban J connectivity index is 2.86. The van der Waals surface area contributed by atoms with Crippen LogP contribution in [-0.4, -0.2) is 13.6 Å². The molecule has 3 N–H and O–H groups in total. The van der Waals surface area contributed by atoms with E-state index >= 15 is 0 Å². The highest BCUT2D eigenvalue weighted by Gasteiger charge is 1.88. The number of nitrogens with two attached hydrogens (primary N) is 1. The van der Waals surface area contributed by atoms with Crippen molar-refractivity contribution < 1.29 is 0 Å². The quantitative estimate of drug-likeness (QED) is 0.602. The molecule has 0 aliphatic heterocycles. The summed E-state index contributed by atoms with van der Waals surface area (Å²) >= 11 is 0. The van der Waals surface area contributed by atoms with Crippen LogP contribution in [0, 0.1) is 11.8 Å². The van der Waals surface area contributed by atoms with Gasteiger partial charge < -0.3 is 11.1 Å². The van der Waals surface area contributed by atoms with Gasteiger partial charge >= 0.3 is 0 Å². The van der Waals surface area contributed by atoms with E-state index in [0.717, 1.165) is 11.3 Å². The molecule has 1 aromatic rings. The van der Waals surface area contributed by atoms with Crippen LogP contribution in [0.15, 0.2) is 24.3 Å². The van der Waals surface area contributed by atoms with E-state index < -0.39 is 0 Å². The minimum absolute atomic E-state index is 0.407. The summed E-state index contributed by atoms with van der Waals surface area (Å²) in [5, 5.41) is 3.04. The first-order valence-electron chi connectivity index (χ1n) is 3.83. The molecule has 0 heterocycles. The first kappa shape index (κ1) is 8.63. The van der Waals surface area contributed by atoms with Gasteiger partial charge in [0.1, 0.15) is 0 Å². The maximum Gasteiger partial charge on any atom is 0.0555 e. The minimum Gasteiger partial charge on any atom is -0.388 e. The lowest BCUT2D eigenvalue weighted by Crippen LogP contribution is -1.93. The fraction of sp³-hybridized carbons (Fsp3) is 0.200. The molecule has 1 rings (SSSR count). The molecule has 2 nitrogen and oxygen atoms in total. The fourth-order valence-electron chi connectivity index (χ4n) is 0.906. The summed E-state index contributed by atoms with van der Waals surface area (Å²) in [5.74, 6) is 5.77. The topological polar surface area (TPSA) is 38.0 Å². The van der Waals surface area contributed by atoms with Crippen LogP contribution in [0.4, 0.5) is 5.69 Å². The molecule has 1 aromatic carbocycles. The maximum atomic E-state index is 5.26. The van der Waals surface area contributed by atoms with E-state index in [9.17, 15) is 0 Å². The van der Waals surface area contributed by atoms with E-state index in [1.807, 2.05) is 31.3 Å². The Labute approximate surface area is 72.8 Å². The molecule has 0 radical (unpaired) electrons. The van der Waals surface area contributed by atoms with Crippen molar-refractivity contribution in [3.8, 4) is 11.8 Å². The largest absolute Gasteiger partial charge is 0.388 e. The summed E-state index contributed by atoms with van der Waals surface area (Å²) in [4.78, 5) is 0. The first-order valence-corrected chi connectivity index (χ1v) is 3.83. The van der Waals surface area contributed by atoms with Gasteiger partial charge in [0.2, 0.25) is 0 Å². The van der Waals surface area contributed by atoms with E-state index in [0.29, 0.717) is 6.54 Å². The zero-order valence-electron chi connectivity index (χ0n) is 7.09. The molecule has 0 amide bonds. The van der Waals surface area contributed by atoms with E-state index in [1.54, 1.807) is 0 Å². The van der Waals surface area contributed by atoms with Crippen molar-refractivity contribution in [3.05, 3.63) is 29.8 Å². The van der Waals surface area contributed by atoms with Crippen LogP contribution in [0.3, 0.4) is 0 Å². The molecule has 0 unspecified atom stereocenters. The highest BCUT2D eigenvalue weighted by molar-refractivity contribution is 5.49. The predicted octanol–water partition coefficient (Wildman–Crippen LogP) is 1.04. The molecule has 62 valence electrons. The van der Waals surface area contributed by atoms with Crippen molar-refractivity contribution >= 4 is 5.69 Å². The van der Waals surface area contributed by atoms with Gasteiger partial charge in [-0.2, -0.15) is 0 Å². The molecule has 0 aromatic heterocycles. The van der Waals surface area contributed by atoms with E-state index in [1.165, 1.54) is 0 Å². The zero-order chi connectivity index (χ0) is 8.81. The molecule has 0 spiro atoms. The van der Waals surface area contributed by atoms with E-state index in [4.69, 9.17) is 5.73 Å². The number of nitrogens with one attached hydrogen (secondary N) is 1. The van der Waals surface area contributed by atoms with Gasteiger partial charge in [-0.3, -0.25) is 0 Å². The lowest BCUT2D eigenvalue weighted by atomic mass is 10.2. The Morgan fingerprint density at radius 2 is 2.33 bits per heavy atom. The SMILES string of the molecule is CNc1cccc(C#CCN)c1. The van der Waals surface area contributed by atoms with Crippen LogP contribution < -0.4 is 11.1 Å². The average molecular weight is 160 g/mol.